The summed E-state index contributed by atoms with van der Waals surface area (Å²) in [4.78, 5) is 0. The third-order valence-corrected chi connectivity index (χ3v) is 4.11. The number of sulfonamides is 1. The van der Waals surface area contributed by atoms with Gasteiger partial charge >= 0.3 is 0 Å². The largest absolute Gasteiger partial charge is 0.297 e. The number of aromatic nitrogens is 3. The van der Waals surface area contributed by atoms with Gasteiger partial charge < -0.3 is 0 Å². The van der Waals surface area contributed by atoms with Gasteiger partial charge in [-0.1, -0.05) is 36.4 Å². The van der Waals surface area contributed by atoms with Gasteiger partial charge in [0.2, 0.25) is 0 Å². The maximum Gasteiger partial charge on any atom is 0.273 e. The molecule has 21 heavy (non-hydrogen) atoms. The van der Waals surface area contributed by atoms with Crippen molar-refractivity contribution in [3.05, 3.63) is 42.5 Å². The third kappa shape index (κ3) is 2.41. The number of benzene rings is 2. The molecule has 0 saturated carbocycles. The number of primary sulfonamides is 1. The smallest absolute Gasteiger partial charge is 0.273 e. The van der Waals surface area contributed by atoms with Gasteiger partial charge in [0.15, 0.2) is 5.82 Å². The van der Waals surface area contributed by atoms with Crippen LogP contribution < -0.4 is 5.14 Å². The van der Waals surface area contributed by atoms with Gasteiger partial charge in [-0.25, -0.2) is 13.6 Å². The molecule has 0 bridgehead atoms. The zero-order chi connectivity index (χ0) is 15.0. The minimum atomic E-state index is -3.89. The highest BCUT2D eigenvalue weighted by Gasteiger charge is 2.20. The molecule has 0 saturated heterocycles. The van der Waals surface area contributed by atoms with Gasteiger partial charge in [0, 0.05) is 12.1 Å². The summed E-state index contributed by atoms with van der Waals surface area (Å²) >= 11 is 0. The molecule has 1 aromatic heterocycles. The SMILES string of the molecule is CCn1c(-c2ccc3ccccc3c2)nnc1S(N)(=O)=O. The molecule has 3 rings (SSSR count). The molecular weight excluding hydrogens is 288 g/mol. The van der Waals surface area contributed by atoms with Crippen molar-refractivity contribution < 1.29 is 8.42 Å². The summed E-state index contributed by atoms with van der Waals surface area (Å²) in [7, 11) is -3.89. The first-order valence-corrected chi connectivity index (χ1v) is 8.00. The second-order valence-electron chi connectivity index (χ2n) is 4.66. The van der Waals surface area contributed by atoms with Gasteiger partial charge in [0.1, 0.15) is 0 Å². The summed E-state index contributed by atoms with van der Waals surface area (Å²) in [6.07, 6.45) is 0. The standard InChI is InChI=1S/C14H14N4O2S/c1-2-18-13(16-17-14(18)21(15,19)20)12-8-7-10-5-3-4-6-11(10)9-12/h3-9H,2H2,1H3,(H2,15,19,20). The van der Waals surface area contributed by atoms with Crippen LogP contribution in [0.5, 0.6) is 0 Å². The summed E-state index contributed by atoms with van der Waals surface area (Å²) in [5.41, 5.74) is 0.804. The van der Waals surface area contributed by atoms with Crippen molar-refractivity contribution in [3.63, 3.8) is 0 Å². The molecule has 7 heteroatoms. The molecule has 0 radical (unpaired) electrons. The Hall–Kier alpha value is -2.25. The van der Waals surface area contributed by atoms with Gasteiger partial charge in [-0.3, -0.25) is 4.57 Å². The summed E-state index contributed by atoms with van der Waals surface area (Å²) in [6, 6.07) is 13.7. The molecule has 2 N–H and O–H groups in total. The van der Waals surface area contributed by atoms with Crippen LogP contribution in [0, 0.1) is 0 Å². The molecule has 1 heterocycles. The molecule has 0 amide bonds. The van der Waals surface area contributed by atoms with Crippen molar-refractivity contribution in [2.45, 2.75) is 18.6 Å². The minimum absolute atomic E-state index is 0.215. The molecule has 2 aromatic carbocycles. The van der Waals surface area contributed by atoms with Gasteiger partial charge in [0.05, 0.1) is 0 Å². The number of fused-ring (bicyclic) bond motifs is 1. The van der Waals surface area contributed by atoms with Crippen LogP contribution in [-0.2, 0) is 16.6 Å². The molecule has 0 aliphatic carbocycles. The van der Waals surface area contributed by atoms with E-state index in [-0.39, 0.29) is 5.16 Å². The molecular formula is C14H14N4O2S. The monoisotopic (exact) mass is 302 g/mol. The van der Waals surface area contributed by atoms with Crippen molar-refractivity contribution in [2.75, 3.05) is 0 Å². The Morgan fingerprint density at radius 3 is 2.48 bits per heavy atom. The lowest BCUT2D eigenvalue weighted by Crippen LogP contribution is -2.18. The predicted octanol–water partition coefficient (Wildman–Crippen LogP) is 1.77. The molecule has 0 fully saturated rings. The van der Waals surface area contributed by atoms with Crippen LogP contribution in [0.15, 0.2) is 47.6 Å². The van der Waals surface area contributed by atoms with E-state index in [2.05, 4.69) is 10.2 Å². The van der Waals surface area contributed by atoms with Gasteiger partial charge in [-0.15, -0.1) is 10.2 Å². The molecule has 108 valence electrons. The van der Waals surface area contributed by atoms with E-state index in [1.54, 1.807) is 0 Å². The lowest BCUT2D eigenvalue weighted by atomic mass is 10.1. The molecule has 0 atom stereocenters. The average Bonchev–Trinajstić information content (AvgIpc) is 2.90. The van der Waals surface area contributed by atoms with E-state index in [9.17, 15) is 8.42 Å². The van der Waals surface area contributed by atoms with E-state index in [0.29, 0.717) is 12.4 Å². The minimum Gasteiger partial charge on any atom is -0.297 e. The highest BCUT2D eigenvalue weighted by molar-refractivity contribution is 7.89. The van der Waals surface area contributed by atoms with Crippen LogP contribution >= 0.6 is 0 Å². The van der Waals surface area contributed by atoms with E-state index in [1.807, 2.05) is 49.4 Å². The lowest BCUT2D eigenvalue weighted by Gasteiger charge is -2.07. The second-order valence-corrected chi connectivity index (χ2v) is 6.11. The topological polar surface area (TPSA) is 90.9 Å². The van der Waals surface area contributed by atoms with Crippen LogP contribution in [0.3, 0.4) is 0 Å². The molecule has 3 aromatic rings. The van der Waals surface area contributed by atoms with E-state index in [1.165, 1.54) is 4.57 Å². The fraction of sp³-hybridized carbons (Fsp3) is 0.143. The van der Waals surface area contributed by atoms with Crippen LogP contribution in [0.4, 0.5) is 0 Å². The van der Waals surface area contributed by atoms with Crippen LogP contribution in [0.1, 0.15) is 6.92 Å². The number of hydrogen-bond donors (Lipinski definition) is 1. The van der Waals surface area contributed by atoms with Gasteiger partial charge in [0.25, 0.3) is 15.2 Å². The van der Waals surface area contributed by atoms with Gasteiger partial charge in [-0.2, -0.15) is 0 Å². The fourth-order valence-corrected chi connectivity index (χ4v) is 3.00. The van der Waals surface area contributed by atoms with Crippen molar-refractivity contribution in [1.29, 1.82) is 0 Å². The first kappa shape index (κ1) is 13.7. The first-order valence-electron chi connectivity index (χ1n) is 6.46. The van der Waals surface area contributed by atoms with Crippen molar-refractivity contribution in [3.8, 4) is 11.4 Å². The summed E-state index contributed by atoms with van der Waals surface area (Å²) in [6.45, 7) is 2.24. The lowest BCUT2D eigenvalue weighted by molar-refractivity contribution is 0.571. The number of nitrogens with two attached hydrogens (primary N) is 1. The average molecular weight is 302 g/mol. The zero-order valence-corrected chi connectivity index (χ0v) is 12.2. The van der Waals surface area contributed by atoms with Crippen LogP contribution in [0.25, 0.3) is 22.2 Å². The summed E-state index contributed by atoms with van der Waals surface area (Å²) in [5, 5.41) is 14.8. The maximum atomic E-state index is 11.5. The normalized spacial score (nSPS) is 11.9. The Morgan fingerprint density at radius 1 is 1.10 bits per heavy atom. The van der Waals surface area contributed by atoms with Crippen molar-refractivity contribution in [2.24, 2.45) is 5.14 Å². The fourth-order valence-electron chi connectivity index (χ4n) is 2.33. The van der Waals surface area contributed by atoms with E-state index >= 15 is 0 Å². The number of hydrogen-bond acceptors (Lipinski definition) is 4. The first-order chi connectivity index (χ1) is 10.0. The zero-order valence-electron chi connectivity index (χ0n) is 11.4. The second kappa shape index (κ2) is 4.94. The van der Waals surface area contributed by atoms with E-state index in [4.69, 9.17) is 5.14 Å². The number of nitrogens with zero attached hydrogens (tertiary/aromatic N) is 3. The van der Waals surface area contributed by atoms with Crippen LogP contribution in [0.2, 0.25) is 0 Å². The Kier molecular flexibility index (Phi) is 3.23. The Bertz CT molecular complexity index is 916. The van der Waals surface area contributed by atoms with E-state index in [0.717, 1.165) is 16.3 Å². The van der Waals surface area contributed by atoms with Gasteiger partial charge in [-0.05, 0) is 23.8 Å². The highest BCUT2D eigenvalue weighted by atomic mass is 32.2. The van der Waals surface area contributed by atoms with Crippen molar-refractivity contribution in [1.82, 2.24) is 14.8 Å². The molecule has 0 spiro atoms. The number of rotatable bonds is 3. The van der Waals surface area contributed by atoms with Crippen LogP contribution in [-0.4, -0.2) is 23.2 Å². The Labute approximate surface area is 122 Å². The molecule has 0 aliphatic rings. The Balaban J connectivity index is 2.21. The van der Waals surface area contributed by atoms with E-state index < -0.39 is 10.0 Å². The summed E-state index contributed by atoms with van der Waals surface area (Å²) in [5.74, 6) is 0.493. The van der Waals surface area contributed by atoms with Crippen molar-refractivity contribution >= 4 is 20.8 Å². The maximum absolute atomic E-state index is 11.5. The highest BCUT2D eigenvalue weighted by Crippen LogP contribution is 2.24. The molecule has 0 aliphatic heterocycles. The molecule has 0 unspecified atom stereocenters. The predicted molar refractivity (Wildman–Crippen MR) is 80.0 cm³/mol. The Morgan fingerprint density at radius 2 is 1.81 bits per heavy atom. The quantitative estimate of drug-likeness (QED) is 0.798. The third-order valence-electron chi connectivity index (χ3n) is 3.30. The molecule has 6 nitrogen and oxygen atoms in total. The summed E-state index contributed by atoms with van der Waals surface area (Å²) < 4.78 is 24.5.